The van der Waals surface area contributed by atoms with E-state index in [-0.39, 0.29) is 11.3 Å². The molecule has 2 heterocycles. The van der Waals surface area contributed by atoms with E-state index >= 15 is 0 Å². The Morgan fingerprint density at radius 1 is 1.19 bits per heavy atom. The van der Waals surface area contributed by atoms with E-state index in [1.807, 2.05) is 30.3 Å². The number of nitrogens with one attached hydrogen (secondary N) is 2. The first kappa shape index (κ1) is 17.9. The van der Waals surface area contributed by atoms with Crippen molar-refractivity contribution in [1.82, 2.24) is 9.97 Å². The monoisotopic (exact) mass is 347 g/mol. The maximum Gasteiger partial charge on any atom is 0.248 e. The molecule has 0 saturated carbocycles. The number of hydrogen-bond donors (Lipinski definition) is 2. The molecular weight excluding hydrogens is 322 g/mol. The Bertz CT molecular complexity index is 944. The minimum absolute atomic E-state index is 0.0220. The van der Waals surface area contributed by atoms with Crippen molar-refractivity contribution in [3.05, 3.63) is 65.6 Å². The van der Waals surface area contributed by atoms with Crippen LogP contribution in [0.4, 0.5) is 5.69 Å². The number of carbonyl (C=O) groups excluding carboxylic acids is 1. The van der Waals surface area contributed by atoms with Gasteiger partial charge in [-0.3, -0.25) is 9.78 Å². The third-order valence-electron chi connectivity index (χ3n) is 4.31. The third kappa shape index (κ3) is 4.20. The van der Waals surface area contributed by atoms with Crippen LogP contribution >= 0.6 is 0 Å². The van der Waals surface area contributed by atoms with Crippen LogP contribution in [-0.4, -0.2) is 15.9 Å². The first-order chi connectivity index (χ1) is 12.3. The number of amides is 1. The Labute approximate surface area is 154 Å². The molecule has 0 saturated heterocycles. The van der Waals surface area contributed by atoms with Crippen molar-refractivity contribution in [2.45, 2.75) is 39.5 Å². The minimum Gasteiger partial charge on any atom is -0.358 e. The van der Waals surface area contributed by atoms with Gasteiger partial charge in [0.15, 0.2) is 0 Å². The van der Waals surface area contributed by atoms with Crippen LogP contribution in [0, 0.1) is 0 Å². The highest BCUT2D eigenvalue weighted by atomic mass is 16.1. The van der Waals surface area contributed by atoms with Crippen molar-refractivity contribution in [2.24, 2.45) is 0 Å². The fraction of sp³-hybridized carbons (Fsp3) is 0.273. The van der Waals surface area contributed by atoms with Gasteiger partial charge in [0.05, 0.1) is 0 Å². The number of hydrogen-bond acceptors (Lipinski definition) is 2. The molecule has 0 aliphatic heterocycles. The second-order valence-corrected chi connectivity index (χ2v) is 7.50. The molecule has 4 heteroatoms. The van der Waals surface area contributed by atoms with Gasteiger partial charge in [0.1, 0.15) is 0 Å². The number of benzene rings is 1. The number of nitrogens with zero attached hydrogens (tertiary/aromatic N) is 1. The average molecular weight is 347 g/mol. The summed E-state index contributed by atoms with van der Waals surface area (Å²) in [7, 11) is 0. The number of pyridine rings is 1. The summed E-state index contributed by atoms with van der Waals surface area (Å²) in [6.07, 6.45) is 6.06. The van der Waals surface area contributed by atoms with Crippen LogP contribution in [0.25, 0.3) is 17.0 Å². The fourth-order valence-corrected chi connectivity index (χ4v) is 2.76. The molecule has 0 fully saturated rings. The van der Waals surface area contributed by atoms with E-state index in [0.29, 0.717) is 0 Å². The molecule has 3 aromatic rings. The number of fused-ring (bicyclic) bond motifs is 1. The van der Waals surface area contributed by atoms with Gasteiger partial charge in [-0.05, 0) is 48.4 Å². The fourth-order valence-electron chi connectivity index (χ4n) is 2.76. The summed E-state index contributed by atoms with van der Waals surface area (Å²) in [6, 6.07) is 12.0. The van der Waals surface area contributed by atoms with Gasteiger partial charge in [0, 0.05) is 45.7 Å². The molecule has 3 rings (SSSR count). The summed E-state index contributed by atoms with van der Waals surface area (Å²) in [5.74, 6) is -0.157. The summed E-state index contributed by atoms with van der Waals surface area (Å²) in [5.41, 5.74) is 5.02. The van der Waals surface area contributed by atoms with E-state index in [2.05, 4.69) is 49.0 Å². The van der Waals surface area contributed by atoms with Crippen LogP contribution in [0.2, 0.25) is 0 Å². The number of aryl methyl sites for hydroxylation is 1. The Morgan fingerprint density at radius 2 is 2.00 bits per heavy atom. The predicted molar refractivity (Wildman–Crippen MR) is 108 cm³/mol. The van der Waals surface area contributed by atoms with Crippen LogP contribution in [0.15, 0.2) is 48.7 Å². The Kier molecular flexibility index (Phi) is 4.94. The number of carbonyl (C=O) groups is 1. The van der Waals surface area contributed by atoms with Gasteiger partial charge in [-0.25, -0.2) is 0 Å². The SMILES string of the molecule is CCc1cc2cc(NC(=O)/C=C/c3ccc(C(C)(C)C)nc3)ccc2[nH]1. The molecule has 0 atom stereocenters. The maximum absolute atomic E-state index is 12.2. The van der Waals surface area contributed by atoms with Crippen LogP contribution in [0.1, 0.15) is 44.6 Å². The molecule has 0 radical (unpaired) electrons. The van der Waals surface area contributed by atoms with Gasteiger partial charge >= 0.3 is 0 Å². The van der Waals surface area contributed by atoms with Crippen molar-refractivity contribution in [3.63, 3.8) is 0 Å². The molecule has 0 aliphatic carbocycles. The summed E-state index contributed by atoms with van der Waals surface area (Å²) in [5, 5.41) is 4.01. The zero-order chi connectivity index (χ0) is 18.7. The van der Waals surface area contributed by atoms with Gasteiger partial charge in [0.2, 0.25) is 5.91 Å². The van der Waals surface area contributed by atoms with Crippen LogP contribution in [0.5, 0.6) is 0 Å². The Hall–Kier alpha value is -2.88. The molecule has 0 bridgehead atoms. The molecule has 0 unspecified atom stereocenters. The number of aromatic amines is 1. The van der Waals surface area contributed by atoms with Crippen molar-refractivity contribution in [3.8, 4) is 0 Å². The topological polar surface area (TPSA) is 57.8 Å². The van der Waals surface area contributed by atoms with E-state index in [4.69, 9.17) is 0 Å². The van der Waals surface area contributed by atoms with E-state index in [1.54, 1.807) is 12.3 Å². The normalized spacial score (nSPS) is 12.0. The number of aromatic nitrogens is 2. The minimum atomic E-state index is -0.157. The number of H-pyrrole nitrogens is 1. The standard InChI is InChI=1S/C22H25N3O/c1-5-17-12-16-13-18(8-9-19(16)24-17)25-21(26)11-7-15-6-10-20(23-14-15)22(2,3)4/h6-14,24H,5H2,1-4H3,(H,25,26)/b11-7+. The zero-order valence-corrected chi connectivity index (χ0v) is 15.8. The van der Waals surface area contributed by atoms with Crippen LogP contribution < -0.4 is 5.32 Å². The maximum atomic E-state index is 12.2. The first-order valence-electron chi connectivity index (χ1n) is 8.92. The number of anilines is 1. The molecule has 4 nitrogen and oxygen atoms in total. The second kappa shape index (κ2) is 7.16. The molecule has 134 valence electrons. The Balaban J connectivity index is 1.67. The lowest BCUT2D eigenvalue weighted by Gasteiger charge is -2.17. The quantitative estimate of drug-likeness (QED) is 0.647. The van der Waals surface area contributed by atoms with E-state index < -0.39 is 0 Å². The van der Waals surface area contributed by atoms with Crippen molar-refractivity contribution < 1.29 is 4.79 Å². The summed E-state index contributed by atoms with van der Waals surface area (Å²) >= 11 is 0. The third-order valence-corrected chi connectivity index (χ3v) is 4.31. The molecule has 1 aromatic carbocycles. The molecule has 2 N–H and O–H groups in total. The second-order valence-electron chi connectivity index (χ2n) is 7.50. The smallest absolute Gasteiger partial charge is 0.248 e. The van der Waals surface area contributed by atoms with E-state index in [1.165, 1.54) is 11.8 Å². The summed E-state index contributed by atoms with van der Waals surface area (Å²) < 4.78 is 0. The highest BCUT2D eigenvalue weighted by Crippen LogP contribution is 2.21. The molecule has 0 spiro atoms. The van der Waals surface area contributed by atoms with Gasteiger partial charge in [-0.2, -0.15) is 0 Å². The summed E-state index contributed by atoms with van der Waals surface area (Å²) in [4.78, 5) is 20.0. The van der Waals surface area contributed by atoms with Crippen LogP contribution in [-0.2, 0) is 16.6 Å². The van der Waals surface area contributed by atoms with Crippen LogP contribution in [0.3, 0.4) is 0 Å². The molecule has 0 aliphatic rings. The van der Waals surface area contributed by atoms with Gasteiger partial charge < -0.3 is 10.3 Å². The van der Waals surface area contributed by atoms with E-state index in [9.17, 15) is 4.79 Å². The lowest BCUT2D eigenvalue weighted by atomic mass is 9.91. The van der Waals surface area contributed by atoms with E-state index in [0.717, 1.165) is 34.3 Å². The highest BCUT2D eigenvalue weighted by molar-refractivity contribution is 6.03. The van der Waals surface area contributed by atoms with Gasteiger partial charge in [0.25, 0.3) is 0 Å². The first-order valence-corrected chi connectivity index (χ1v) is 8.92. The van der Waals surface area contributed by atoms with Gasteiger partial charge in [-0.1, -0.05) is 33.8 Å². The number of rotatable bonds is 4. The average Bonchev–Trinajstić information content (AvgIpc) is 3.02. The van der Waals surface area contributed by atoms with Crippen molar-refractivity contribution in [2.75, 3.05) is 5.32 Å². The molecule has 2 aromatic heterocycles. The lowest BCUT2D eigenvalue weighted by molar-refractivity contribution is -0.111. The molecule has 26 heavy (non-hydrogen) atoms. The lowest BCUT2D eigenvalue weighted by Crippen LogP contribution is -2.13. The largest absolute Gasteiger partial charge is 0.358 e. The predicted octanol–water partition coefficient (Wildman–Crippen LogP) is 5.07. The Morgan fingerprint density at radius 3 is 2.65 bits per heavy atom. The van der Waals surface area contributed by atoms with Gasteiger partial charge in [-0.15, -0.1) is 0 Å². The molecule has 1 amide bonds. The highest BCUT2D eigenvalue weighted by Gasteiger charge is 2.14. The zero-order valence-electron chi connectivity index (χ0n) is 15.8. The summed E-state index contributed by atoms with van der Waals surface area (Å²) in [6.45, 7) is 8.50. The molecular formula is C22H25N3O. The van der Waals surface area contributed by atoms with Crippen molar-refractivity contribution in [1.29, 1.82) is 0 Å². The van der Waals surface area contributed by atoms with Crippen molar-refractivity contribution >= 4 is 28.6 Å².